The zero-order valence-electron chi connectivity index (χ0n) is 13.6. The number of aromatic nitrogens is 1. The van der Waals surface area contributed by atoms with Crippen LogP contribution in [-0.2, 0) is 16.1 Å². The van der Waals surface area contributed by atoms with Crippen molar-refractivity contribution in [2.45, 2.75) is 33.4 Å². The normalized spacial score (nSPS) is 17.2. The van der Waals surface area contributed by atoms with E-state index in [0.717, 1.165) is 37.7 Å². The summed E-state index contributed by atoms with van der Waals surface area (Å²) in [6, 6.07) is 3.40. The predicted molar refractivity (Wildman–Crippen MR) is 86.5 cm³/mol. The van der Waals surface area contributed by atoms with Crippen LogP contribution in [0.25, 0.3) is 0 Å². The van der Waals surface area contributed by atoms with Crippen LogP contribution >= 0.6 is 0 Å². The number of nitrogens with two attached hydrogens (primary N) is 1. The van der Waals surface area contributed by atoms with Gasteiger partial charge in [0.05, 0.1) is 19.3 Å². The second-order valence-corrected chi connectivity index (χ2v) is 6.68. The Morgan fingerprint density at radius 1 is 1.45 bits per heavy atom. The molecule has 3 N–H and O–H groups in total. The summed E-state index contributed by atoms with van der Waals surface area (Å²) in [5.74, 6) is 0.799. The number of nitrogens with one attached hydrogen (secondary N) is 1. The molecule has 22 heavy (non-hydrogen) atoms. The first kappa shape index (κ1) is 16.7. The van der Waals surface area contributed by atoms with E-state index in [1.165, 1.54) is 0 Å². The quantitative estimate of drug-likeness (QED) is 0.864. The average Bonchev–Trinajstić information content (AvgIpc) is 2.52. The van der Waals surface area contributed by atoms with Gasteiger partial charge in [-0.2, -0.15) is 0 Å². The van der Waals surface area contributed by atoms with Crippen molar-refractivity contribution in [2.75, 3.05) is 31.2 Å². The van der Waals surface area contributed by atoms with E-state index >= 15 is 0 Å². The number of hydrogen-bond donors (Lipinski definition) is 2. The molecule has 2 heterocycles. The molecule has 1 aliphatic rings. The van der Waals surface area contributed by atoms with Gasteiger partial charge in [-0.1, -0.05) is 20.8 Å². The third-order valence-electron chi connectivity index (χ3n) is 3.83. The first-order valence-corrected chi connectivity index (χ1v) is 7.69. The molecular weight excluding hydrogens is 280 g/mol. The van der Waals surface area contributed by atoms with E-state index in [9.17, 15) is 4.79 Å². The maximum absolute atomic E-state index is 12.1. The fourth-order valence-corrected chi connectivity index (χ4v) is 2.23. The highest BCUT2D eigenvalue weighted by molar-refractivity contribution is 5.82. The zero-order chi connectivity index (χ0) is 16.2. The number of amides is 1. The molecule has 1 saturated heterocycles. The third kappa shape index (κ3) is 4.42. The number of morpholine rings is 1. The number of nitrogens with zero attached hydrogens (tertiary/aromatic N) is 2. The van der Waals surface area contributed by atoms with Crippen LogP contribution < -0.4 is 16.0 Å². The number of anilines is 1. The molecule has 0 aliphatic carbocycles. The van der Waals surface area contributed by atoms with Crippen LogP contribution in [0.2, 0.25) is 0 Å². The monoisotopic (exact) mass is 306 g/mol. The van der Waals surface area contributed by atoms with Crippen LogP contribution in [0.4, 0.5) is 5.82 Å². The molecule has 0 saturated carbocycles. The van der Waals surface area contributed by atoms with Crippen LogP contribution in [0, 0.1) is 5.41 Å². The fraction of sp³-hybridized carbons (Fsp3) is 0.625. The van der Waals surface area contributed by atoms with Gasteiger partial charge in [-0.25, -0.2) is 4.98 Å². The lowest BCUT2D eigenvalue weighted by Crippen LogP contribution is -2.48. The van der Waals surface area contributed by atoms with E-state index in [1.54, 1.807) is 6.20 Å². The van der Waals surface area contributed by atoms with Gasteiger partial charge in [-0.15, -0.1) is 0 Å². The number of carbonyl (C=O) groups is 1. The minimum Gasteiger partial charge on any atom is -0.378 e. The Morgan fingerprint density at radius 3 is 2.77 bits per heavy atom. The minimum absolute atomic E-state index is 0.128. The van der Waals surface area contributed by atoms with Gasteiger partial charge in [0.25, 0.3) is 0 Å². The molecular formula is C16H26N4O2. The molecule has 0 radical (unpaired) electrons. The van der Waals surface area contributed by atoms with E-state index < -0.39 is 6.04 Å². The maximum atomic E-state index is 12.1. The van der Waals surface area contributed by atoms with Crippen LogP contribution in [0.3, 0.4) is 0 Å². The molecule has 2 rings (SSSR count). The van der Waals surface area contributed by atoms with Crippen molar-refractivity contribution in [1.82, 2.24) is 10.3 Å². The van der Waals surface area contributed by atoms with Gasteiger partial charge in [0.1, 0.15) is 5.82 Å². The molecule has 1 atom stereocenters. The smallest absolute Gasteiger partial charge is 0.237 e. The minimum atomic E-state index is -0.520. The van der Waals surface area contributed by atoms with Crippen LogP contribution in [0.5, 0.6) is 0 Å². The van der Waals surface area contributed by atoms with Gasteiger partial charge < -0.3 is 20.7 Å². The standard InChI is InChI=1S/C16H26N4O2/c1-16(2,3)14(17)15(21)19-11-12-4-5-18-13(10-12)20-6-8-22-9-7-20/h4-5,10,14H,6-9,11,17H2,1-3H3,(H,19,21)/t14-/m1/s1. The molecule has 1 amide bonds. The fourth-order valence-electron chi connectivity index (χ4n) is 2.23. The van der Waals surface area contributed by atoms with Crippen LogP contribution in [0.15, 0.2) is 18.3 Å². The molecule has 0 spiro atoms. The Morgan fingerprint density at radius 2 is 2.14 bits per heavy atom. The Bertz CT molecular complexity index is 507. The highest BCUT2D eigenvalue weighted by atomic mass is 16.5. The van der Waals surface area contributed by atoms with Gasteiger partial charge in [0, 0.05) is 25.8 Å². The second kappa shape index (κ2) is 7.07. The molecule has 1 aliphatic heterocycles. The lowest BCUT2D eigenvalue weighted by molar-refractivity contribution is -0.124. The maximum Gasteiger partial charge on any atom is 0.237 e. The molecule has 1 fully saturated rings. The first-order chi connectivity index (χ1) is 10.4. The molecule has 1 aromatic rings. The highest BCUT2D eigenvalue weighted by Crippen LogP contribution is 2.18. The number of hydrogen-bond acceptors (Lipinski definition) is 5. The SMILES string of the molecule is CC(C)(C)[C@H](N)C(=O)NCc1ccnc(N2CCOCC2)c1. The van der Waals surface area contributed by atoms with Crippen molar-refractivity contribution in [1.29, 1.82) is 0 Å². The second-order valence-electron chi connectivity index (χ2n) is 6.68. The number of pyridine rings is 1. The molecule has 6 nitrogen and oxygen atoms in total. The Labute approximate surface area is 132 Å². The summed E-state index contributed by atoms with van der Waals surface area (Å²) in [7, 11) is 0. The Kier molecular flexibility index (Phi) is 5.37. The summed E-state index contributed by atoms with van der Waals surface area (Å²) in [4.78, 5) is 18.7. The van der Waals surface area contributed by atoms with Gasteiger partial charge in [-0.3, -0.25) is 4.79 Å². The van der Waals surface area contributed by atoms with E-state index in [0.29, 0.717) is 6.54 Å². The Hall–Kier alpha value is -1.66. The van der Waals surface area contributed by atoms with Gasteiger partial charge >= 0.3 is 0 Å². The molecule has 1 aromatic heterocycles. The molecule has 0 unspecified atom stereocenters. The Balaban J connectivity index is 1.94. The summed E-state index contributed by atoms with van der Waals surface area (Å²) in [5, 5.41) is 2.90. The van der Waals surface area contributed by atoms with E-state index in [-0.39, 0.29) is 11.3 Å². The number of carbonyl (C=O) groups excluding carboxylic acids is 1. The predicted octanol–water partition coefficient (Wildman–Crippen LogP) is 0.908. The molecule has 6 heteroatoms. The largest absolute Gasteiger partial charge is 0.378 e. The summed E-state index contributed by atoms with van der Waals surface area (Å²) in [5.41, 5.74) is 6.73. The summed E-state index contributed by atoms with van der Waals surface area (Å²) in [6.45, 7) is 9.48. The van der Waals surface area contributed by atoms with Gasteiger partial charge in [0.2, 0.25) is 5.91 Å². The lowest BCUT2D eigenvalue weighted by atomic mass is 9.87. The van der Waals surface area contributed by atoms with Crippen molar-refractivity contribution in [3.8, 4) is 0 Å². The molecule has 0 bridgehead atoms. The van der Waals surface area contributed by atoms with Crippen molar-refractivity contribution in [3.63, 3.8) is 0 Å². The molecule has 0 aromatic carbocycles. The summed E-state index contributed by atoms with van der Waals surface area (Å²) in [6.07, 6.45) is 1.77. The highest BCUT2D eigenvalue weighted by Gasteiger charge is 2.27. The van der Waals surface area contributed by atoms with Gasteiger partial charge in [0.15, 0.2) is 0 Å². The first-order valence-electron chi connectivity index (χ1n) is 7.69. The summed E-state index contributed by atoms with van der Waals surface area (Å²) < 4.78 is 5.35. The van der Waals surface area contributed by atoms with Crippen molar-refractivity contribution >= 4 is 11.7 Å². The zero-order valence-corrected chi connectivity index (χ0v) is 13.6. The van der Waals surface area contributed by atoms with Gasteiger partial charge in [-0.05, 0) is 23.1 Å². The lowest BCUT2D eigenvalue weighted by Gasteiger charge is -2.28. The van der Waals surface area contributed by atoms with Crippen LogP contribution in [-0.4, -0.2) is 43.2 Å². The summed E-state index contributed by atoms with van der Waals surface area (Å²) >= 11 is 0. The van der Waals surface area contributed by atoms with E-state index in [2.05, 4.69) is 15.2 Å². The number of ether oxygens (including phenoxy) is 1. The van der Waals surface area contributed by atoms with Crippen molar-refractivity contribution < 1.29 is 9.53 Å². The van der Waals surface area contributed by atoms with E-state index in [1.807, 2.05) is 32.9 Å². The van der Waals surface area contributed by atoms with Crippen molar-refractivity contribution in [2.24, 2.45) is 11.1 Å². The topological polar surface area (TPSA) is 80.5 Å². The molecule has 122 valence electrons. The van der Waals surface area contributed by atoms with E-state index in [4.69, 9.17) is 10.5 Å². The third-order valence-corrected chi connectivity index (χ3v) is 3.83. The average molecular weight is 306 g/mol. The number of rotatable bonds is 4. The van der Waals surface area contributed by atoms with Crippen molar-refractivity contribution in [3.05, 3.63) is 23.9 Å². The van der Waals surface area contributed by atoms with Crippen LogP contribution in [0.1, 0.15) is 26.3 Å².